The molecule has 0 saturated carbocycles. The first-order valence-corrected chi connectivity index (χ1v) is 5.10. The van der Waals surface area contributed by atoms with Crippen molar-refractivity contribution >= 4 is 15.9 Å². The van der Waals surface area contributed by atoms with Crippen LogP contribution in [0.25, 0.3) is 0 Å². The number of hydrogen-bond donors (Lipinski definition) is 0. The Bertz CT molecular complexity index is 150. The Morgan fingerprint density at radius 1 is 1.64 bits per heavy atom. The fraction of sp³-hybridized carbons (Fsp3) is 0.778. The highest BCUT2D eigenvalue weighted by Gasteiger charge is 2.17. The summed E-state index contributed by atoms with van der Waals surface area (Å²) < 4.78 is 0. The van der Waals surface area contributed by atoms with Gasteiger partial charge in [0.2, 0.25) is 0 Å². The van der Waals surface area contributed by atoms with Crippen LogP contribution in [0, 0.1) is 0 Å². The SMILES string of the molecule is CC(C)=CCN1CCC(Br)C1. The van der Waals surface area contributed by atoms with E-state index in [0.29, 0.717) is 0 Å². The lowest BCUT2D eigenvalue weighted by molar-refractivity contribution is 0.378. The van der Waals surface area contributed by atoms with E-state index < -0.39 is 0 Å². The van der Waals surface area contributed by atoms with Crippen molar-refractivity contribution in [1.82, 2.24) is 4.90 Å². The van der Waals surface area contributed by atoms with E-state index in [9.17, 15) is 0 Å². The zero-order chi connectivity index (χ0) is 8.27. The maximum atomic E-state index is 3.62. The Kier molecular flexibility index (Phi) is 3.60. The maximum absolute atomic E-state index is 3.62. The van der Waals surface area contributed by atoms with Crippen LogP contribution in [0.5, 0.6) is 0 Å². The summed E-state index contributed by atoms with van der Waals surface area (Å²) in [6.07, 6.45) is 3.60. The van der Waals surface area contributed by atoms with Gasteiger partial charge >= 0.3 is 0 Å². The van der Waals surface area contributed by atoms with Gasteiger partial charge in [-0.15, -0.1) is 0 Å². The third-order valence-corrected chi connectivity index (χ3v) is 2.72. The monoisotopic (exact) mass is 217 g/mol. The zero-order valence-corrected chi connectivity index (χ0v) is 8.89. The third kappa shape index (κ3) is 3.39. The molecule has 64 valence electrons. The van der Waals surface area contributed by atoms with Crippen LogP contribution in [0.3, 0.4) is 0 Å². The predicted octanol–water partition coefficient (Wildman–Crippen LogP) is 2.42. The van der Waals surface area contributed by atoms with E-state index in [1.165, 1.54) is 25.1 Å². The molecule has 0 bridgehead atoms. The highest BCUT2D eigenvalue weighted by atomic mass is 79.9. The van der Waals surface area contributed by atoms with Gasteiger partial charge in [-0.05, 0) is 26.8 Å². The molecule has 1 fully saturated rings. The normalized spacial score (nSPS) is 25.5. The molecular weight excluding hydrogens is 202 g/mol. The molecule has 11 heavy (non-hydrogen) atoms. The van der Waals surface area contributed by atoms with Crippen LogP contribution in [0.15, 0.2) is 11.6 Å². The fourth-order valence-corrected chi connectivity index (χ4v) is 1.88. The summed E-state index contributed by atoms with van der Waals surface area (Å²) in [5, 5.41) is 0. The second-order valence-electron chi connectivity index (χ2n) is 3.43. The number of rotatable bonds is 2. The lowest BCUT2D eigenvalue weighted by Gasteiger charge is -2.11. The van der Waals surface area contributed by atoms with Crippen molar-refractivity contribution in [2.24, 2.45) is 0 Å². The van der Waals surface area contributed by atoms with Crippen molar-refractivity contribution in [2.75, 3.05) is 19.6 Å². The van der Waals surface area contributed by atoms with E-state index in [2.05, 4.69) is 40.8 Å². The standard InChI is InChI=1S/C9H16BrN/c1-8(2)3-5-11-6-4-9(10)7-11/h3,9H,4-7H2,1-2H3. The fourth-order valence-electron chi connectivity index (χ4n) is 1.26. The van der Waals surface area contributed by atoms with Gasteiger partial charge in [-0.1, -0.05) is 27.6 Å². The molecule has 0 aromatic rings. The van der Waals surface area contributed by atoms with Crippen LogP contribution in [-0.4, -0.2) is 29.4 Å². The second kappa shape index (κ2) is 4.27. The molecule has 1 heterocycles. The third-order valence-electron chi connectivity index (χ3n) is 1.97. The Labute approximate surface area is 77.6 Å². The molecule has 1 atom stereocenters. The first-order chi connectivity index (χ1) is 5.18. The number of halogens is 1. The van der Waals surface area contributed by atoms with Gasteiger partial charge in [0.25, 0.3) is 0 Å². The van der Waals surface area contributed by atoms with E-state index >= 15 is 0 Å². The largest absolute Gasteiger partial charge is 0.299 e. The zero-order valence-electron chi connectivity index (χ0n) is 7.31. The molecular formula is C9H16BrN. The number of alkyl halides is 1. The van der Waals surface area contributed by atoms with Crippen molar-refractivity contribution in [1.29, 1.82) is 0 Å². The molecule has 0 amide bonds. The Morgan fingerprint density at radius 2 is 2.36 bits per heavy atom. The molecule has 0 aliphatic carbocycles. The smallest absolute Gasteiger partial charge is 0.0285 e. The molecule has 1 aliphatic heterocycles. The highest BCUT2D eigenvalue weighted by Crippen LogP contribution is 2.15. The molecule has 1 aliphatic rings. The van der Waals surface area contributed by atoms with Gasteiger partial charge < -0.3 is 0 Å². The number of nitrogens with zero attached hydrogens (tertiary/aromatic N) is 1. The lowest BCUT2D eigenvalue weighted by Crippen LogP contribution is -2.20. The van der Waals surface area contributed by atoms with Crippen molar-refractivity contribution in [2.45, 2.75) is 25.1 Å². The van der Waals surface area contributed by atoms with Crippen LogP contribution in [0.2, 0.25) is 0 Å². The van der Waals surface area contributed by atoms with Crippen molar-refractivity contribution < 1.29 is 0 Å². The number of hydrogen-bond acceptors (Lipinski definition) is 1. The summed E-state index contributed by atoms with van der Waals surface area (Å²) in [7, 11) is 0. The van der Waals surface area contributed by atoms with Crippen LogP contribution in [-0.2, 0) is 0 Å². The average Bonchev–Trinajstić information content (AvgIpc) is 2.31. The maximum Gasteiger partial charge on any atom is 0.0285 e. The average molecular weight is 218 g/mol. The van der Waals surface area contributed by atoms with Gasteiger partial charge in [0.1, 0.15) is 0 Å². The molecule has 1 unspecified atom stereocenters. The Balaban J connectivity index is 2.23. The van der Waals surface area contributed by atoms with Gasteiger partial charge in [0.05, 0.1) is 0 Å². The van der Waals surface area contributed by atoms with E-state index in [0.717, 1.165) is 11.4 Å². The minimum absolute atomic E-state index is 0.730. The first kappa shape index (κ1) is 9.27. The summed E-state index contributed by atoms with van der Waals surface area (Å²) >= 11 is 3.62. The second-order valence-corrected chi connectivity index (χ2v) is 4.72. The first-order valence-electron chi connectivity index (χ1n) is 4.18. The Hall–Kier alpha value is 0.180. The molecule has 0 N–H and O–H groups in total. The molecule has 1 saturated heterocycles. The van der Waals surface area contributed by atoms with E-state index in [1.54, 1.807) is 0 Å². The van der Waals surface area contributed by atoms with E-state index in [-0.39, 0.29) is 0 Å². The summed E-state index contributed by atoms with van der Waals surface area (Å²) in [5.74, 6) is 0. The summed E-state index contributed by atoms with van der Waals surface area (Å²) in [6, 6.07) is 0. The van der Waals surface area contributed by atoms with Crippen molar-refractivity contribution in [3.05, 3.63) is 11.6 Å². The lowest BCUT2D eigenvalue weighted by atomic mass is 10.3. The van der Waals surface area contributed by atoms with Gasteiger partial charge in [-0.3, -0.25) is 4.90 Å². The number of likely N-dealkylation sites (tertiary alicyclic amines) is 1. The summed E-state index contributed by atoms with van der Waals surface area (Å²) in [4.78, 5) is 3.21. The topological polar surface area (TPSA) is 3.24 Å². The van der Waals surface area contributed by atoms with Crippen molar-refractivity contribution in [3.63, 3.8) is 0 Å². The minimum Gasteiger partial charge on any atom is -0.299 e. The van der Waals surface area contributed by atoms with Crippen LogP contribution >= 0.6 is 15.9 Å². The van der Waals surface area contributed by atoms with Gasteiger partial charge in [0.15, 0.2) is 0 Å². The van der Waals surface area contributed by atoms with Gasteiger partial charge in [-0.2, -0.15) is 0 Å². The van der Waals surface area contributed by atoms with Crippen LogP contribution in [0.4, 0.5) is 0 Å². The molecule has 0 aromatic heterocycles. The number of allylic oxidation sites excluding steroid dienone is 1. The predicted molar refractivity (Wildman–Crippen MR) is 53.2 cm³/mol. The molecule has 1 nitrogen and oxygen atoms in total. The van der Waals surface area contributed by atoms with Gasteiger partial charge in [0, 0.05) is 17.9 Å². The summed E-state index contributed by atoms with van der Waals surface area (Å²) in [5.41, 5.74) is 1.42. The Morgan fingerprint density at radius 3 is 2.82 bits per heavy atom. The van der Waals surface area contributed by atoms with Crippen LogP contribution in [0.1, 0.15) is 20.3 Å². The summed E-state index contributed by atoms with van der Waals surface area (Å²) in [6.45, 7) is 7.90. The molecule has 0 spiro atoms. The molecule has 0 radical (unpaired) electrons. The van der Waals surface area contributed by atoms with Gasteiger partial charge in [-0.25, -0.2) is 0 Å². The minimum atomic E-state index is 0.730. The molecule has 2 heteroatoms. The molecule has 1 rings (SSSR count). The highest BCUT2D eigenvalue weighted by molar-refractivity contribution is 9.09. The molecule has 0 aromatic carbocycles. The quantitative estimate of drug-likeness (QED) is 0.508. The van der Waals surface area contributed by atoms with E-state index in [1.807, 2.05) is 0 Å². The van der Waals surface area contributed by atoms with E-state index in [4.69, 9.17) is 0 Å². The van der Waals surface area contributed by atoms with Crippen LogP contribution < -0.4 is 0 Å². The van der Waals surface area contributed by atoms with Crippen molar-refractivity contribution in [3.8, 4) is 0 Å².